The van der Waals surface area contributed by atoms with Crippen molar-refractivity contribution in [2.45, 2.75) is 26.3 Å². The van der Waals surface area contributed by atoms with Crippen molar-refractivity contribution in [1.82, 2.24) is 5.32 Å². The largest absolute Gasteiger partial charge is 0.310 e. The Kier molecular flexibility index (Phi) is 2.55. The molecule has 1 aromatic rings. The molecule has 1 aliphatic rings. The molecule has 0 saturated carbocycles. The summed E-state index contributed by atoms with van der Waals surface area (Å²) >= 11 is 0. The van der Waals surface area contributed by atoms with E-state index in [0.717, 1.165) is 24.1 Å². The summed E-state index contributed by atoms with van der Waals surface area (Å²) in [6.45, 7) is 5.17. The van der Waals surface area contributed by atoms with Crippen molar-refractivity contribution in [3.05, 3.63) is 35.1 Å². The summed E-state index contributed by atoms with van der Waals surface area (Å²) in [5.74, 6) is 0.452. The first kappa shape index (κ1) is 9.66. The van der Waals surface area contributed by atoms with E-state index in [2.05, 4.69) is 12.2 Å². The lowest BCUT2D eigenvalue weighted by Crippen LogP contribution is -2.18. The summed E-state index contributed by atoms with van der Waals surface area (Å²) in [6, 6.07) is 5.54. The van der Waals surface area contributed by atoms with Gasteiger partial charge in [0.15, 0.2) is 0 Å². The van der Waals surface area contributed by atoms with Gasteiger partial charge in [0, 0.05) is 11.6 Å². The molecule has 1 N–H and O–H groups in total. The minimum Gasteiger partial charge on any atom is -0.310 e. The van der Waals surface area contributed by atoms with Gasteiger partial charge in [-0.2, -0.15) is 0 Å². The number of nitrogens with one attached hydrogen (secondary N) is 1. The zero-order chi connectivity index (χ0) is 10.1. The second kappa shape index (κ2) is 3.70. The molecule has 0 bridgehead atoms. The third kappa shape index (κ3) is 1.67. The van der Waals surface area contributed by atoms with E-state index in [1.807, 2.05) is 19.1 Å². The van der Waals surface area contributed by atoms with Gasteiger partial charge in [-0.05, 0) is 31.9 Å². The predicted molar refractivity (Wildman–Crippen MR) is 55.7 cm³/mol. The molecule has 2 atom stereocenters. The Morgan fingerprint density at radius 1 is 1.43 bits per heavy atom. The van der Waals surface area contributed by atoms with E-state index in [0.29, 0.717) is 5.92 Å². The Morgan fingerprint density at radius 3 is 2.86 bits per heavy atom. The van der Waals surface area contributed by atoms with Gasteiger partial charge in [-0.1, -0.05) is 24.6 Å². The van der Waals surface area contributed by atoms with Crippen LogP contribution in [0.15, 0.2) is 18.2 Å². The Morgan fingerprint density at radius 2 is 2.21 bits per heavy atom. The minimum atomic E-state index is -0.0816. The van der Waals surface area contributed by atoms with Crippen LogP contribution in [0.5, 0.6) is 0 Å². The molecule has 2 unspecified atom stereocenters. The van der Waals surface area contributed by atoms with Crippen LogP contribution in [0.4, 0.5) is 4.39 Å². The second-order valence-electron chi connectivity index (χ2n) is 4.22. The van der Waals surface area contributed by atoms with Crippen LogP contribution in [0.1, 0.15) is 30.5 Å². The molecule has 0 aromatic heterocycles. The van der Waals surface area contributed by atoms with E-state index in [4.69, 9.17) is 0 Å². The third-order valence-corrected chi connectivity index (χ3v) is 3.02. The molecule has 1 aliphatic heterocycles. The monoisotopic (exact) mass is 193 g/mol. The fourth-order valence-corrected chi connectivity index (χ4v) is 2.15. The quantitative estimate of drug-likeness (QED) is 0.723. The van der Waals surface area contributed by atoms with Gasteiger partial charge in [0.25, 0.3) is 0 Å². The van der Waals surface area contributed by atoms with Crippen molar-refractivity contribution in [3.63, 3.8) is 0 Å². The van der Waals surface area contributed by atoms with Gasteiger partial charge in [0.05, 0.1) is 0 Å². The van der Waals surface area contributed by atoms with Gasteiger partial charge in [-0.3, -0.25) is 0 Å². The van der Waals surface area contributed by atoms with Crippen LogP contribution in [-0.4, -0.2) is 6.54 Å². The summed E-state index contributed by atoms with van der Waals surface area (Å²) in [6.07, 6.45) is 1.14. The molecule has 0 aliphatic carbocycles. The first-order valence-electron chi connectivity index (χ1n) is 5.18. The van der Waals surface area contributed by atoms with Gasteiger partial charge < -0.3 is 5.32 Å². The van der Waals surface area contributed by atoms with Crippen LogP contribution >= 0.6 is 0 Å². The van der Waals surface area contributed by atoms with Crippen LogP contribution in [0.3, 0.4) is 0 Å². The number of benzene rings is 1. The highest BCUT2D eigenvalue weighted by Gasteiger charge is 2.26. The minimum absolute atomic E-state index is 0.0816. The molecule has 0 radical (unpaired) electrons. The molecule has 0 spiro atoms. The second-order valence-corrected chi connectivity index (χ2v) is 4.22. The Bertz CT molecular complexity index is 335. The summed E-state index contributed by atoms with van der Waals surface area (Å²) < 4.78 is 13.6. The molecule has 1 nitrogen and oxygen atoms in total. The third-order valence-electron chi connectivity index (χ3n) is 3.02. The average Bonchev–Trinajstić information content (AvgIpc) is 2.56. The van der Waals surface area contributed by atoms with Gasteiger partial charge >= 0.3 is 0 Å². The van der Waals surface area contributed by atoms with Crippen LogP contribution in [-0.2, 0) is 0 Å². The molecule has 2 heteroatoms. The van der Waals surface area contributed by atoms with Gasteiger partial charge in [-0.25, -0.2) is 4.39 Å². The first-order chi connectivity index (χ1) is 6.68. The first-order valence-corrected chi connectivity index (χ1v) is 5.18. The highest BCUT2D eigenvalue weighted by atomic mass is 19.1. The highest BCUT2D eigenvalue weighted by Crippen LogP contribution is 2.30. The maximum absolute atomic E-state index is 13.6. The lowest BCUT2D eigenvalue weighted by Gasteiger charge is -2.17. The van der Waals surface area contributed by atoms with Crippen LogP contribution in [0, 0.1) is 18.7 Å². The van der Waals surface area contributed by atoms with Gasteiger partial charge in [0.2, 0.25) is 0 Å². The zero-order valence-corrected chi connectivity index (χ0v) is 8.68. The van der Waals surface area contributed by atoms with Gasteiger partial charge in [-0.15, -0.1) is 0 Å². The Hall–Kier alpha value is -0.890. The van der Waals surface area contributed by atoms with Crippen molar-refractivity contribution >= 4 is 0 Å². The fourth-order valence-electron chi connectivity index (χ4n) is 2.15. The maximum atomic E-state index is 13.6. The molecule has 14 heavy (non-hydrogen) atoms. The van der Waals surface area contributed by atoms with E-state index in [1.54, 1.807) is 6.07 Å². The van der Waals surface area contributed by atoms with Crippen molar-refractivity contribution in [1.29, 1.82) is 0 Å². The van der Waals surface area contributed by atoms with Crippen LogP contribution < -0.4 is 5.32 Å². The van der Waals surface area contributed by atoms with Crippen molar-refractivity contribution in [3.8, 4) is 0 Å². The molecule has 76 valence electrons. The number of rotatable bonds is 1. The lowest BCUT2D eigenvalue weighted by molar-refractivity contribution is 0.475. The normalized spacial score (nSPS) is 26.8. The van der Waals surface area contributed by atoms with Crippen molar-refractivity contribution < 1.29 is 4.39 Å². The van der Waals surface area contributed by atoms with Crippen LogP contribution in [0.2, 0.25) is 0 Å². The summed E-state index contributed by atoms with van der Waals surface area (Å²) in [7, 11) is 0. The Balaban J connectivity index is 2.34. The van der Waals surface area contributed by atoms with Crippen LogP contribution in [0.25, 0.3) is 0 Å². The number of hydrogen-bond acceptors (Lipinski definition) is 1. The molecule has 1 aromatic carbocycles. The predicted octanol–water partition coefficient (Wildman–Crippen LogP) is 2.80. The molecular formula is C12H16FN. The molecule has 1 heterocycles. The number of hydrogen-bond donors (Lipinski definition) is 1. The topological polar surface area (TPSA) is 12.0 Å². The fraction of sp³-hybridized carbons (Fsp3) is 0.500. The molecule has 1 fully saturated rings. The molecule has 1 saturated heterocycles. The highest BCUT2D eigenvalue weighted by molar-refractivity contribution is 5.27. The molecule has 0 amide bonds. The number of aryl methyl sites for hydroxylation is 1. The van der Waals surface area contributed by atoms with E-state index < -0.39 is 0 Å². The average molecular weight is 193 g/mol. The summed E-state index contributed by atoms with van der Waals surface area (Å²) in [5, 5.41) is 3.35. The molecular weight excluding hydrogens is 177 g/mol. The summed E-state index contributed by atoms with van der Waals surface area (Å²) in [5.41, 5.74) is 1.96. The summed E-state index contributed by atoms with van der Waals surface area (Å²) in [4.78, 5) is 0. The van der Waals surface area contributed by atoms with E-state index in [1.165, 1.54) is 0 Å². The lowest BCUT2D eigenvalue weighted by atomic mass is 9.94. The van der Waals surface area contributed by atoms with E-state index >= 15 is 0 Å². The maximum Gasteiger partial charge on any atom is 0.128 e. The number of halogens is 1. The van der Waals surface area contributed by atoms with Crippen molar-refractivity contribution in [2.24, 2.45) is 5.92 Å². The smallest absolute Gasteiger partial charge is 0.128 e. The zero-order valence-electron chi connectivity index (χ0n) is 8.68. The Labute approximate surface area is 84.3 Å². The van der Waals surface area contributed by atoms with Gasteiger partial charge in [0.1, 0.15) is 5.82 Å². The molecule has 2 rings (SSSR count). The standard InChI is InChI=1S/C12H16FN/c1-8-3-4-11(13)10(7-8)12-9(2)5-6-14-12/h3-4,7,9,12,14H,5-6H2,1-2H3. The SMILES string of the molecule is Cc1ccc(F)c(C2NCCC2C)c1. The van der Waals surface area contributed by atoms with E-state index in [-0.39, 0.29) is 11.9 Å². The van der Waals surface area contributed by atoms with E-state index in [9.17, 15) is 4.39 Å². The van der Waals surface area contributed by atoms with Crippen molar-refractivity contribution in [2.75, 3.05) is 6.54 Å².